The van der Waals surface area contributed by atoms with Gasteiger partial charge in [-0.05, 0) is 0 Å². The van der Waals surface area contributed by atoms with Gasteiger partial charge in [0.15, 0.2) is 0 Å². The zero-order valence-electron chi connectivity index (χ0n) is 13.8. The van der Waals surface area contributed by atoms with E-state index < -0.39 is 47.4 Å². The van der Waals surface area contributed by atoms with E-state index in [1.165, 1.54) is 7.11 Å². The Bertz CT molecular complexity index is 569. The molecule has 0 aliphatic heterocycles. The SMILES string of the molecule is COCCOCCOCCOCC(=O)Oc1c(F)c(F)c(F)c(F)c1F. The summed E-state index contributed by atoms with van der Waals surface area (Å²) in [6.45, 7) is 0.711. The number of ether oxygens (including phenoxy) is 5. The van der Waals surface area contributed by atoms with Crippen molar-refractivity contribution in [3.05, 3.63) is 29.1 Å². The molecule has 0 saturated heterocycles. The quantitative estimate of drug-likeness (QED) is 0.136. The van der Waals surface area contributed by atoms with Gasteiger partial charge in [-0.2, -0.15) is 8.78 Å². The number of carbonyl (C=O) groups is 1. The molecule has 0 aliphatic carbocycles. The zero-order chi connectivity index (χ0) is 19.5. The number of methoxy groups -OCH3 is 1. The Hall–Kier alpha value is -1.82. The molecule has 0 radical (unpaired) electrons. The Morgan fingerprint density at radius 3 is 1.62 bits per heavy atom. The largest absolute Gasteiger partial charge is 0.418 e. The third-order valence-electron chi connectivity index (χ3n) is 2.78. The monoisotopic (exact) mass is 388 g/mol. The minimum absolute atomic E-state index is 0.0652. The van der Waals surface area contributed by atoms with Crippen molar-refractivity contribution in [1.82, 2.24) is 0 Å². The van der Waals surface area contributed by atoms with E-state index in [1.54, 1.807) is 0 Å². The van der Waals surface area contributed by atoms with Crippen LogP contribution in [0, 0.1) is 29.1 Å². The van der Waals surface area contributed by atoms with Crippen LogP contribution in [0.1, 0.15) is 0 Å². The lowest BCUT2D eigenvalue weighted by Gasteiger charge is -2.09. The summed E-state index contributed by atoms with van der Waals surface area (Å²) in [4.78, 5) is 11.4. The van der Waals surface area contributed by atoms with Gasteiger partial charge in [-0.25, -0.2) is 18.0 Å². The summed E-state index contributed by atoms with van der Waals surface area (Å²) >= 11 is 0. The highest BCUT2D eigenvalue weighted by atomic mass is 19.2. The first-order chi connectivity index (χ1) is 12.4. The molecule has 26 heavy (non-hydrogen) atoms. The standard InChI is InChI=1S/C15H17F5O6/c1-22-2-3-23-4-5-24-6-7-25-8-9(21)26-15-13(19)11(17)10(16)12(18)14(15)20/h2-8H2,1H3. The molecule has 0 aromatic heterocycles. The molecule has 0 spiro atoms. The molecule has 11 heteroatoms. The van der Waals surface area contributed by atoms with Crippen molar-refractivity contribution in [3.8, 4) is 5.75 Å². The molecular weight excluding hydrogens is 371 g/mol. The van der Waals surface area contributed by atoms with Gasteiger partial charge in [-0.1, -0.05) is 0 Å². The first-order valence-electron chi connectivity index (χ1n) is 7.34. The van der Waals surface area contributed by atoms with Crippen molar-refractivity contribution in [2.45, 2.75) is 0 Å². The van der Waals surface area contributed by atoms with Crippen LogP contribution < -0.4 is 4.74 Å². The van der Waals surface area contributed by atoms with Gasteiger partial charge in [0.1, 0.15) is 6.61 Å². The summed E-state index contributed by atoms with van der Waals surface area (Å²) in [5.74, 6) is -14.3. The number of benzene rings is 1. The van der Waals surface area contributed by atoms with Crippen LogP contribution in [0.2, 0.25) is 0 Å². The predicted molar refractivity (Wildman–Crippen MR) is 76.2 cm³/mol. The second-order valence-electron chi connectivity index (χ2n) is 4.64. The minimum atomic E-state index is -2.35. The topological polar surface area (TPSA) is 63.2 Å². The highest BCUT2D eigenvalue weighted by Crippen LogP contribution is 2.29. The molecule has 1 aromatic rings. The molecular formula is C15H17F5O6. The van der Waals surface area contributed by atoms with Gasteiger partial charge in [0.25, 0.3) is 0 Å². The normalized spacial score (nSPS) is 11.0. The fourth-order valence-electron chi connectivity index (χ4n) is 1.56. The summed E-state index contributed by atoms with van der Waals surface area (Å²) in [6.07, 6.45) is 0. The Morgan fingerprint density at radius 2 is 1.12 bits per heavy atom. The van der Waals surface area contributed by atoms with Crippen LogP contribution in [0.4, 0.5) is 22.0 Å². The second kappa shape index (κ2) is 11.7. The summed E-state index contributed by atoms with van der Waals surface area (Å²) in [6, 6.07) is 0. The molecule has 0 N–H and O–H groups in total. The first kappa shape index (κ1) is 22.2. The summed E-state index contributed by atoms with van der Waals surface area (Å²) in [5.41, 5.74) is 0. The van der Waals surface area contributed by atoms with Crippen molar-refractivity contribution in [1.29, 1.82) is 0 Å². The fourth-order valence-corrected chi connectivity index (χ4v) is 1.56. The van der Waals surface area contributed by atoms with Crippen molar-refractivity contribution < 1.29 is 50.4 Å². The average molecular weight is 388 g/mol. The molecule has 0 saturated carbocycles. The molecule has 0 atom stereocenters. The lowest BCUT2D eigenvalue weighted by atomic mass is 10.2. The fraction of sp³-hybridized carbons (Fsp3) is 0.533. The van der Waals surface area contributed by atoms with Gasteiger partial charge in [0, 0.05) is 7.11 Å². The van der Waals surface area contributed by atoms with Gasteiger partial charge in [-0.3, -0.25) is 0 Å². The summed E-state index contributed by atoms with van der Waals surface area (Å²) in [7, 11) is 1.54. The van der Waals surface area contributed by atoms with Gasteiger partial charge in [-0.15, -0.1) is 0 Å². The van der Waals surface area contributed by atoms with E-state index in [0.717, 1.165) is 0 Å². The van der Waals surface area contributed by atoms with E-state index in [9.17, 15) is 26.7 Å². The smallest absolute Gasteiger partial charge is 0.337 e. The number of rotatable bonds is 12. The molecule has 6 nitrogen and oxygen atoms in total. The van der Waals surface area contributed by atoms with Gasteiger partial charge in [0.2, 0.25) is 34.8 Å². The van der Waals surface area contributed by atoms with Crippen molar-refractivity contribution in [2.75, 3.05) is 53.4 Å². The van der Waals surface area contributed by atoms with Crippen LogP contribution in [-0.2, 0) is 23.7 Å². The molecule has 0 unspecified atom stereocenters. The Kier molecular flexibility index (Phi) is 10.0. The zero-order valence-corrected chi connectivity index (χ0v) is 13.8. The molecule has 0 amide bonds. The van der Waals surface area contributed by atoms with Crippen molar-refractivity contribution >= 4 is 5.97 Å². The third-order valence-corrected chi connectivity index (χ3v) is 2.78. The minimum Gasteiger partial charge on any atom is -0.418 e. The van der Waals surface area contributed by atoms with E-state index >= 15 is 0 Å². The Morgan fingerprint density at radius 1 is 0.692 bits per heavy atom. The molecule has 0 bridgehead atoms. The van der Waals surface area contributed by atoms with Gasteiger partial charge in [0.05, 0.1) is 39.6 Å². The molecule has 148 valence electrons. The summed E-state index contributed by atoms with van der Waals surface area (Å²) < 4.78 is 89.3. The Labute approximate surface area is 145 Å². The first-order valence-corrected chi connectivity index (χ1v) is 7.34. The van der Waals surface area contributed by atoms with Crippen LogP contribution in [-0.4, -0.2) is 59.3 Å². The van der Waals surface area contributed by atoms with E-state index in [4.69, 9.17) is 18.9 Å². The van der Waals surface area contributed by atoms with Crippen LogP contribution in [0.3, 0.4) is 0 Å². The summed E-state index contributed by atoms with van der Waals surface area (Å²) in [5, 5.41) is 0. The molecule has 0 heterocycles. The van der Waals surface area contributed by atoms with E-state index in [2.05, 4.69) is 4.74 Å². The maximum absolute atomic E-state index is 13.3. The van der Waals surface area contributed by atoms with E-state index in [0.29, 0.717) is 19.8 Å². The van der Waals surface area contributed by atoms with Crippen LogP contribution in [0.15, 0.2) is 0 Å². The lowest BCUT2D eigenvalue weighted by molar-refractivity contribution is -0.140. The van der Waals surface area contributed by atoms with E-state index in [-0.39, 0.29) is 19.8 Å². The van der Waals surface area contributed by atoms with Crippen LogP contribution >= 0.6 is 0 Å². The molecule has 0 aliphatic rings. The maximum atomic E-state index is 13.3. The number of hydrogen-bond donors (Lipinski definition) is 0. The Balaban J connectivity index is 2.28. The van der Waals surface area contributed by atoms with Gasteiger partial charge < -0.3 is 23.7 Å². The number of halogens is 5. The van der Waals surface area contributed by atoms with E-state index in [1.807, 2.05) is 0 Å². The number of carbonyl (C=O) groups excluding carboxylic acids is 1. The average Bonchev–Trinajstić information content (AvgIpc) is 2.63. The molecule has 1 aromatic carbocycles. The second-order valence-corrected chi connectivity index (χ2v) is 4.64. The maximum Gasteiger partial charge on any atom is 0.337 e. The van der Waals surface area contributed by atoms with Crippen LogP contribution in [0.25, 0.3) is 0 Å². The predicted octanol–water partition coefficient (Wildman–Crippen LogP) is 1.98. The lowest BCUT2D eigenvalue weighted by Crippen LogP contribution is -2.20. The third kappa shape index (κ3) is 6.83. The van der Waals surface area contributed by atoms with Crippen LogP contribution in [0.5, 0.6) is 5.75 Å². The number of hydrogen-bond acceptors (Lipinski definition) is 6. The van der Waals surface area contributed by atoms with Gasteiger partial charge >= 0.3 is 5.97 Å². The molecule has 0 fully saturated rings. The van der Waals surface area contributed by atoms with Crippen molar-refractivity contribution in [2.24, 2.45) is 0 Å². The number of esters is 1. The highest BCUT2D eigenvalue weighted by Gasteiger charge is 2.28. The van der Waals surface area contributed by atoms with Crippen molar-refractivity contribution in [3.63, 3.8) is 0 Å². The molecule has 1 rings (SSSR count). The highest BCUT2D eigenvalue weighted by molar-refractivity contribution is 5.73.